The third-order valence-corrected chi connectivity index (χ3v) is 4.96. The second-order valence-corrected chi connectivity index (χ2v) is 7.39. The van der Waals surface area contributed by atoms with Crippen molar-refractivity contribution in [2.75, 3.05) is 0 Å². The maximum atomic E-state index is 2.42. The molecule has 2 aromatic carbocycles. The Morgan fingerprint density at radius 2 is 1.25 bits per heavy atom. The van der Waals surface area contributed by atoms with Crippen LogP contribution in [-0.2, 0) is 10.8 Å². The number of fused-ring (bicyclic) bond motifs is 1. The average Bonchev–Trinajstić information content (AvgIpc) is 2.45. The molecule has 0 radical (unpaired) electrons. The highest BCUT2D eigenvalue weighted by Gasteiger charge is 2.36. The fourth-order valence-electron chi connectivity index (χ4n) is 3.40. The van der Waals surface area contributed by atoms with Crippen LogP contribution in [0.5, 0.6) is 0 Å². The molecule has 2 aromatic rings. The number of hydrogen-bond donors (Lipinski definition) is 0. The highest BCUT2D eigenvalue weighted by atomic mass is 14.4. The molecule has 20 heavy (non-hydrogen) atoms. The van der Waals surface area contributed by atoms with Crippen molar-refractivity contribution in [1.29, 1.82) is 0 Å². The molecule has 0 nitrogen and oxygen atoms in total. The zero-order valence-electron chi connectivity index (χ0n) is 13.0. The van der Waals surface area contributed by atoms with Gasteiger partial charge in [0.1, 0.15) is 0 Å². The molecule has 0 saturated carbocycles. The van der Waals surface area contributed by atoms with Crippen LogP contribution >= 0.6 is 0 Å². The minimum absolute atomic E-state index is 0.287. The van der Waals surface area contributed by atoms with Crippen LogP contribution < -0.4 is 0 Å². The number of hydrogen-bond acceptors (Lipinski definition) is 0. The molecule has 104 valence electrons. The number of rotatable bonds is 1. The van der Waals surface area contributed by atoms with Gasteiger partial charge in [0.25, 0.3) is 0 Å². The summed E-state index contributed by atoms with van der Waals surface area (Å²) in [6.45, 7) is 9.53. The summed E-state index contributed by atoms with van der Waals surface area (Å²) in [6, 6.07) is 17.8. The van der Waals surface area contributed by atoms with E-state index in [0.717, 1.165) is 0 Å². The fraction of sp³-hybridized carbons (Fsp3) is 0.400. The predicted molar refractivity (Wildman–Crippen MR) is 87.2 cm³/mol. The quantitative estimate of drug-likeness (QED) is 0.619. The van der Waals surface area contributed by atoms with Crippen molar-refractivity contribution in [2.24, 2.45) is 0 Å². The Kier molecular flexibility index (Phi) is 3.01. The highest BCUT2D eigenvalue weighted by Crippen LogP contribution is 2.46. The monoisotopic (exact) mass is 264 g/mol. The summed E-state index contributed by atoms with van der Waals surface area (Å²) in [7, 11) is 0. The van der Waals surface area contributed by atoms with Gasteiger partial charge in [-0.2, -0.15) is 0 Å². The van der Waals surface area contributed by atoms with E-state index in [1.807, 2.05) is 0 Å². The van der Waals surface area contributed by atoms with Crippen LogP contribution in [-0.4, -0.2) is 0 Å². The summed E-state index contributed by atoms with van der Waals surface area (Å²) in [6.07, 6.45) is 2.54. The molecule has 0 aliphatic heterocycles. The lowest BCUT2D eigenvalue weighted by molar-refractivity contribution is 0.332. The van der Waals surface area contributed by atoms with Gasteiger partial charge in [0.2, 0.25) is 0 Å². The van der Waals surface area contributed by atoms with Crippen molar-refractivity contribution in [3.05, 3.63) is 59.7 Å². The average molecular weight is 264 g/mol. The van der Waals surface area contributed by atoms with Gasteiger partial charge in [-0.25, -0.2) is 0 Å². The smallest absolute Gasteiger partial charge is 0.0100 e. The zero-order valence-corrected chi connectivity index (χ0v) is 13.0. The van der Waals surface area contributed by atoms with Gasteiger partial charge in [0, 0.05) is 0 Å². The van der Waals surface area contributed by atoms with Crippen molar-refractivity contribution in [1.82, 2.24) is 0 Å². The fourth-order valence-corrected chi connectivity index (χ4v) is 3.40. The summed E-state index contributed by atoms with van der Waals surface area (Å²) < 4.78 is 0. The van der Waals surface area contributed by atoms with E-state index in [9.17, 15) is 0 Å². The Balaban J connectivity index is 2.16. The van der Waals surface area contributed by atoms with Crippen molar-refractivity contribution >= 4 is 0 Å². The first-order valence-electron chi connectivity index (χ1n) is 7.61. The first-order chi connectivity index (χ1) is 9.40. The van der Waals surface area contributed by atoms with Gasteiger partial charge in [0.05, 0.1) is 0 Å². The van der Waals surface area contributed by atoms with Gasteiger partial charge >= 0.3 is 0 Å². The molecule has 0 bridgehead atoms. The molecule has 0 heterocycles. The van der Waals surface area contributed by atoms with Gasteiger partial charge in [-0.15, -0.1) is 0 Å². The second-order valence-electron chi connectivity index (χ2n) is 7.39. The maximum absolute atomic E-state index is 2.42. The van der Waals surface area contributed by atoms with E-state index in [2.05, 4.69) is 76.2 Å². The summed E-state index contributed by atoms with van der Waals surface area (Å²) in [5.74, 6) is 0. The standard InChI is InChI=1S/C20H24/c1-19(2)12-13-20(3,4)18-14-16(10-11-17(18)19)15-8-6-5-7-9-15/h5-11,14H,12-13H2,1-4H3. The molecule has 0 heteroatoms. The van der Waals surface area contributed by atoms with E-state index in [-0.39, 0.29) is 5.41 Å². The van der Waals surface area contributed by atoms with Gasteiger partial charge < -0.3 is 0 Å². The Morgan fingerprint density at radius 1 is 0.650 bits per heavy atom. The lowest BCUT2D eigenvalue weighted by Gasteiger charge is -2.42. The predicted octanol–water partition coefficient (Wildman–Crippen LogP) is 5.70. The van der Waals surface area contributed by atoms with Crippen LogP contribution in [0.1, 0.15) is 51.7 Å². The van der Waals surface area contributed by atoms with Crippen molar-refractivity contribution in [3.8, 4) is 11.1 Å². The SMILES string of the molecule is CC1(C)CCC(C)(C)c2cc(-c3ccccc3)ccc21. The third-order valence-electron chi connectivity index (χ3n) is 4.96. The van der Waals surface area contributed by atoms with Crippen LogP contribution in [0, 0.1) is 0 Å². The highest BCUT2D eigenvalue weighted by molar-refractivity contribution is 5.66. The Labute approximate surface area is 122 Å². The molecule has 0 saturated heterocycles. The molecule has 0 N–H and O–H groups in total. The molecule has 0 fully saturated rings. The lowest BCUT2D eigenvalue weighted by atomic mass is 9.63. The topological polar surface area (TPSA) is 0 Å². The molecule has 0 amide bonds. The third kappa shape index (κ3) is 2.18. The van der Waals surface area contributed by atoms with Crippen LogP contribution in [0.2, 0.25) is 0 Å². The van der Waals surface area contributed by atoms with Crippen LogP contribution in [0.4, 0.5) is 0 Å². The van der Waals surface area contributed by atoms with E-state index in [1.165, 1.54) is 35.1 Å². The van der Waals surface area contributed by atoms with Gasteiger partial charge in [-0.05, 0) is 45.9 Å². The van der Waals surface area contributed by atoms with E-state index in [0.29, 0.717) is 5.41 Å². The van der Waals surface area contributed by atoms with E-state index >= 15 is 0 Å². The second kappa shape index (κ2) is 4.48. The minimum Gasteiger partial charge on any atom is -0.0622 e. The molecule has 0 aromatic heterocycles. The molecule has 3 rings (SSSR count). The largest absolute Gasteiger partial charge is 0.0622 e. The zero-order chi connectivity index (χ0) is 14.4. The maximum Gasteiger partial charge on any atom is -0.0100 e. The first-order valence-corrected chi connectivity index (χ1v) is 7.61. The minimum atomic E-state index is 0.287. The van der Waals surface area contributed by atoms with Crippen LogP contribution in [0.15, 0.2) is 48.5 Å². The molecule has 1 aliphatic carbocycles. The normalized spacial score (nSPS) is 19.4. The Bertz CT molecular complexity index is 618. The van der Waals surface area contributed by atoms with E-state index in [1.54, 1.807) is 0 Å². The summed E-state index contributed by atoms with van der Waals surface area (Å²) in [5.41, 5.74) is 6.32. The van der Waals surface area contributed by atoms with E-state index in [4.69, 9.17) is 0 Å². The number of benzene rings is 2. The summed E-state index contributed by atoms with van der Waals surface area (Å²) >= 11 is 0. The molecular formula is C20H24. The molecule has 1 aliphatic rings. The molecule has 0 spiro atoms. The summed E-state index contributed by atoms with van der Waals surface area (Å²) in [4.78, 5) is 0. The van der Waals surface area contributed by atoms with Gasteiger partial charge in [-0.1, -0.05) is 76.2 Å². The summed E-state index contributed by atoms with van der Waals surface area (Å²) in [5, 5.41) is 0. The lowest BCUT2D eigenvalue weighted by Crippen LogP contribution is -2.33. The van der Waals surface area contributed by atoms with Crippen LogP contribution in [0.25, 0.3) is 11.1 Å². The molecule has 0 atom stereocenters. The van der Waals surface area contributed by atoms with Gasteiger partial charge in [0.15, 0.2) is 0 Å². The Hall–Kier alpha value is -1.56. The van der Waals surface area contributed by atoms with Crippen molar-refractivity contribution in [3.63, 3.8) is 0 Å². The molecule has 0 unspecified atom stereocenters. The van der Waals surface area contributed by atoms with Crippen molar-refractivity contribution < 1.29 is 0 Å². The molecular weight excluding hydrogens is 240 g/mol. The Morgan fingerprint density at radius 3 is 1.90 bits per heavy atom. The first kappa shape index (κ1) is 13.4. The van der Waals surface area contributed by atoms with E-state index < -0.39 is 0 Å². The van der Waals surface area contributed by atoms with Crippen LogP contribution in [0.3, 0.4) is 0 Å². The van der Waals surface area contributed by atoms with Crippen molar-refractivity contribution in [2.45, 2.75) is 51.4 Å². The van der Waals surface area contributed by atoms with Gasteiger partial charge in [-0.3, -0.25) is 0 Å².